The third kappa shape index (κ3) is 2.85. The van der Waals surface area contributed by atoms with Gasteiger partial charge in [0.15, 0.2) is 11.6 Å². The van der Waals surface area contributed by atoms with Crippen LogP contribution in [0.2, 0.25) is 0 Å². The van der Waals surface area contributed by atoms with Gasteiger partial charge in [-0.2, -0.15) is 5.10 Å². The lowest BCUT2D eigenvalue weighted by Crippen LogP contribution is -2.27. The van der Waals surface area contributed by atoms with Crippen LogP contribution < -0.4 is 11.1 Å². The Bertz CT molecular complexity index is 1000. The molecule has 0 saturated heterocycles. The average Bonchev–Trinajstić information content (AvgIpc) is 3.04. The fraction of sp³-hybridized carbons (Fsp3) is 0.294. The topological polar surface area (TPSA) is 98.7 Å². The SMILES string of the molecule is NC(=O)c1cnn2c1C[C@@H](CNc1ncnc3cc(F)c(F)cc13)CC2. The number of hydrogen-bond acceptors (Lipinski definition) is 5. The average molecular weight is 358 g/mol. The van der Waals surface area contributed by atoms with Crippen molar-refractivity contribution in [2.75, 3.05) is 11.9 Å². The molecule has 0 spiro atoms. The quantitative estimate of drug-likeness (QED) is 0.742. The number of aromatic nitrogens is 4. The van der Waals surface area contributed by atoms with E-state index in [2.05, 4.69) is 20.4 Å². The van der Waals surface area contributed by atoms with E-state index >= 15 is 0 Å². The molecule has 1 aromatic carbocycles. The van der Waals surface area contributed by atoms with Crippen molar-refractivity contribution >= 4 is 22.6 Å². The summed E-state index contributed by atoms with van der Waals surface area (Å²) in [6.45, 7) is 1.26. The molecule has 4 rings (SSSR count). The zero-order valence-corrected chi connectivity index (χ0v) is 13.7. The van der Waals surface area contributed by atoms with Gasteiger partial charge >= 0.3 is 0 Å². The summed E-state index contributed by atoms with van der Waals surface area (Å²) in [6, 6.07) is 2.14. The highest BCUT2D eigenvalue weighted by molar-refractivity contribution is 5.93. The Balaban J connectivity index is 1.53. The number of hydrogen-bond donors (Lipinski definition) is 2. The second-order valence-electron chi connectivity index (χ2n) is 6.34. The van der Waals surface area contributed by atoms with Crippen molar-refractivity contribution in [1.29, 1.82) is 0 Å². The minimum absolute atomic E-state index is 0.229. The van der Waals surface area contributed by atoms with E-state index < -0.39 is 17.5 Å². The molecule has 0 saturated carbocycles. The van der Waals surface area contributed by atoms with Crippen LogP contribution in [0.1, 0.15) is 22.5 Å². The molecule has 1 aliphatic heterocycles. The van der Waals surface area contributed by atoms with Gasteiger partial charge in [0, 0.05) is 24.5 Å². The Morgan fingerprint density at radius 3 is 2.92 bits per heavy atom. The number of halogens is 2. The molecule has 0 bridgehead atoms. The summed E-state index contributed by atoms with van der Waals surface area (Å²) in [5.41, 5.74) is 7.00. The van der Waals surface area contributed by atoms with Crippen molar-refractivity contribution in [1.82, 2.24) is 19.7 Å². The predicted octanol–water partition coefficient (Wildman–Crippen LogP) is 1.88. The predicted molar refractivity (Wildman–Crippen MR) is 90.5 cm³/mol. The first-order valence-electron chi connectivity index (χ1n) is 8.21. The van der Waals surface area contributed by atoms with Crippen molar-refractivity contribution < 1.29 is 13.6 Å². The maximum Gasteiger partial charge on any atom is 0.252 e. The first-order chi connectivity index (χ1) is 12.5. The van der Waals surface area contributed by atoms with Crippen molar-refractivity contribution in [3.63, 3.8) is 0 Å². The van der Waals surface area contributed by atoms with Gasteiger partial charge in [0.2, 0.25) is 0 Å². The van der Waals surface area contributed by atoms with Gasteiger partial charge < -0.3 is 11.1 Å². The largest absolute Gasteiger partial charge is 0.369 e. The fourth-order valence-corrected chi connectivity index (χ4v) is 3.31. The minimum atomic E-state index is -0.943. The molecular formula is C17H16F2N6O. The van der Waals surface area contributed by atoms with Gasteiger partial charge in [-0.3, -0.25) is 9.48 Å². The monoisotopic (exact) mass is 358 g/mol. The molecule has 1 aliphatic rings. The first-order valence-corrected chi connectivity index (χ1v) is 8.21. The fourth-order valence-electron chi connectivity index (χ4n) is 3.31. The van der Waals surface area contributed by atoms with Crippen LogP contribution in [0.25, 0.3) is 10.9 Å². The lowest BCUT2D eigenvalue weighted by atomic mass is 9.94. The Labute approximate surface area is 147 Å². The molecule has 3 heterocycles. The van der Waals surface area contributed by atoms with E-state index in [4.69, 9.17) is 5.73 Å². The number of carbonyl (C=O) groups excluding carboxylic acids is 1. The Kier molecular flexibility index (Phi) is 3.98. The van der Waals surface area contributed by atoms with Crippen molar-refractivity contribution in [3.05, 3.63) is 47.5 Å². The smallest absolute Gasteiger partial charge is 0.252 e. The van der Waals surface area contributed by atoms with Gasteiger partial charge in [-0.15, -0.1) is 0 Å². The van der Waals surface area contributed by atoms with Crippen LogP contribution in [0.15, 0.2) is 24.7 Å². The molecule has 0 radical (unpaired) electrons. The van der Waals surface area contributed by atoms with Gasteiger partial charge in [-0.05, 0) is 24.8 Å². The minimum Gasteiger partial charge on any atom is -0.369 e. The molecular weight excluding hydrogens is 342 g/mol. The van der Waals surface area contributed by atoms with Crippen LogP contribution in [0.5, 0.6) is 0 Å². The first kappa shape index (κ1) is 16.4. The maximum absolute atomic E-state index is 13.6. The number of nitrogens with two attached hydrogens (primary N) is 1. The zero-order valence-electron chi connectivity index (χ0n) is 13.7. The molecule has 7 nitrogen and oxygen atoms in total. The Morgan fingerprint density at radius 2 is 2.12 bits per heavy atom. The molecule has 0 aliphatic carbocycles. The summed E-state index contributed by atoms with van der Waals surface area (Å²) >= 11 is 0. The number of aryl methyl sites for hydroxylation is 1. The lowest BCUT2D eigenvalue weighted by molar-refractivity contribution is 0.0998. The van der Waals surface area contributed by atoms with Crippen LogP contribution in [0.4, 0.5) is 14.6 Å². The second-order valence-corrected chi connectivity index (χ2v) is 6.34. The van der Waals surface area contributed by atoms with E-state index in [9.17, 15) is 13.6 Å². The number of benzene rings is 1. The molecule has 134 valence electrons. The van der Waals surface area contributed by atoms with Gasteiger partial charge in [-0.1, -0.05) is 0 Å². The third-order valence-corrected chi connectivity index (χ3v) is 4.68. The van der Waals surface area contributed by atoms with Gasteiger partial charge in [-0.25, -0.2) is 18.7 Å². The summed E-state index contributed by atoms with van der Waals surface area (Å²) in [4.78, 5) is 19.6. The van der Waals surface area contributed by atoms with Gasteiger partial charge in [0.1, 0.15) is 12.1 Å². The van der Waals surface area contributed by atoms with Crippen LogP contribution in [-0.2, 0) is 13.0 Å². The van der Waals surface area contributed by atoms with Gasteiger partial charge in [0.05, 0.1) is 23.0 Å². The van der Waals surface area contributed by atoms with Crippen LogP contribution >= 0.6 is 0 Å². The highest BCUT2D eigenvalue weighted by Gasteiger charge is 2.24. The number of fused-ring (bicyclic) bond motifs is 2. The summed E-state index contributed by atoms with van der Waals surface area (Å²) in [5.74, 6) is -1.69. The van der Waals surface area contributed by atoms with E-state index in [-0.39, 0.29) is 5.92 Å². The highest BCUT2D eigenvalue weighted by Crippen LogP contribution is 2.25. The molecule has 3 aromatic rings. The van der Waals surface area contributed by atoms with E-state index in [0.717, 1.165) is 24.2 Å². The molecule has 9 heteroatoms. The molecule has 0 fully saturated rings. The van der Waals surface area contributed by atoms with Crippen molar-refractivity contribution in [3.8, 4) is 0 Å². The van der Waals surface area contributed by atoms with E-state index in [1.807, 2.05) is 0 Å². The van der Waals surface area contributed by atoms with Crippen LogP contribution in [0.3, 0.4) is 0 Å². The number of amides is 1. The van der Waals surface area contributed by atoms with Gasteiger partial charge in [0.25, 0.3) is 5.91 Å². The number of nitrogens with zero attached hydrogens (tertiary/aromatic N) is 4. The summed E-state index contributed by atoms with van der Waals surface area (Å²) in [5, 5.41) is 7.80. The molecule has 1 amide bonds. The summed E-state index contributed by atoms with van der Waals surface area (Å²) in [6.07, 6.45) is 4.33. The number of nitrogens with one attached hydrogen (secondary N) is 1. The molecule has 3 N–H and O–H groups in total. The van der Waals surface area contributed by atoms with Crippen LogP contribution in [-0.4, -0.2) is 32.2 Å². The summed E-state index contributed by atoms with van der Waals surface area (Å²) in [7, 11) is 0. The zero-order chi connectivity index (χ0) is 18.3. The molecule has 2 aromatic heterocycles. The normalized spacial score (nSPS) is 16.5. The highest BCUT2D eigenvalue weighted by atomic mass is 19.2. The van der Waals surface area contributed by atoms with Crippen molar-refractivity contribution in [2.24, 2.45) is 11.7 Å². The molecule has 0 unspecified atom stereocenters. The summed E-state index contributed by atoms with van der Waals surface area (Å²) < 4.78 is 28.7. The number of carbonyl (C=O) groups is 1. The van der Waals surface area contributed by atoms with E-state index in [1.54, 1.807) is 4.68 Å². The van der Waals surface area contributed by atoms with E-state index in [1.165, 1.54) is 12.5 Å². The Morgan fingerprint density at radius 1 is 1.31 bits per heavy atom. The number of anilines is 1. The maximum atomic E-state index is 13.6. The van der Waals surface area contributed by atoms with E-state index in [0.29, 0.717) is 41.8 Å². The molecule has 26 heavy (non-hydrogen) atoms. The van der Waals surface area contributed by atoms with Crippen molar-refractivity contribution in [2.45, 2.75) is 19.4 Å². The van der Waals surface area contributed by atoms with Crippen LogP contribution in [0, 0.1) is 17.6 Å². The number of primary amides is 1. The lowest BCUT2D eigenvalue weighted by Gasteiger charge is -2.24. The number of rotatable bonds is 4. The standard InChI is InChI=1S/C17H16F2N6O/c18-12-4-10-14(5-13(12)19)22-8-23-17(10)21-6-9-1-2-25-15(3-9)11(7-24-25)16(20)26/h4-5,7-9H,1-3,6H2,(H2,20,26)(H,21,22,23)/t9-/m0/s1. The second kappa shape index (κ2) is 6.32. The molecule has 1 atom stereocenters. The third-order valence-electron chi connectivity index (χ3n) is 4.68. The Hall–Kier alpha value is -3.10.